The Bertz CT molecular complexity index is 899. The topological polar surface area (TPSA) is 164 Å². The first-order chi connectivity index (χ1) is 9.62. The number of nitro groups is 2. The average molecular weight is 359 g/mol. The molecule has 0 heterocycles. The Hall–Kier alpha value is -0.790. The third kappa shape index (κ3) is 4.39. The summed E-state index contributed by atoms with van der Waals surface area (Å²) < 4.78 is 32.8. The summed E-state index contributed by atoms with van der Waals surface area (Å²) in [7, 11) is -4.88. The van der Waals surface area contributed by atoms with E-state index in [2.05, 4.69) is 0 Å². The van der Waals surface area contributed by atoms with Gasteiger partial charge in [-0.1, -0.05) is 0 Å². The summed E-state index contributed by atoms with van der Waals surface area (Å²) >= 11 is 0. The molecule has 0 aromatic heterocycles. The predicted octanol–water partition coefficient (Wildman–Crippen LogP) is -4.73. The van der Waals surface area contributed by atoms with Gasteiger partial charge < -0.3 is 9.66 Å². The minimum atomic E-state index is -4.88. The van der Waals surface area contributed by atoms with Crippen LogP contribution in [0.3, 0.4) is 0 Å². The summed E-state index contributed by atoms with van der Waals surface area (Å²) in [6, 6.07) is 2.97. The second kappa shape index (κ2) is 7.85. The molecular formula is C10H5N2Na2O8S+. The SMILES string of the molecule is O=[N+]([O-])c1cc([N+](=O)[O-])c2ccc(S(=O)(=O)[O-])cc2c1O.[Na+].[Na+]. The molecule has 0 bridgehead atoms. The number of phenols is 1. The van der Waals surface area contributed by atoms with Crippen LogP contribution in [0.4, 0.5) is 11.4 Å². The first kappa shape index (κ1) is 22.2. The van der Waals surface area contributed by atoms with Crippen LogP contribution in [0.1, 0.15) is 0 Å². The number of hydrogen-bond donors (Lipinski definition) is 1. The minimum Gasteiger partial charge on any atom is -0.744 e. The fraction of sp³-hybridized carbons (Fsp3) is 0. The molecule has 110 valence electrons. The smallest absolute Gasteiger partial charge is 0.744 e. The molecule has 0 aliphatic carbocycles. The summed E-state index contributed by atoms with van der Waals surface area (Å²) in [6.07, 6.45) is 0. The number of nitrogens with zero attached hydrogens (tertiary/aromatic N) is 2. The van der Waals surface area contributed by atoms with Gasteiger partial charge in [-0.2, -0.15) is 0 Å². The summed E-state index contributed by atoms with van der Waals surface area (Å²) in [6.45, 7) is 0. The first-order valence-corrected chi connectivity index (χ1v) is 6.58. The molecule has 0 saturated carbocycles. The van der Waals surface area contributed by atoms with Gasteiger partial charge in [0.1, 0.15) is 10.1 Å². The van der Waals surface area contributed by atoms with Gasteiger partial charge >= 0.3 is 64.8 Å². The van der Waals surface area contributed by atoms with Crippen LogP contribution >= 0.6 is 0 Å². The molecule has 2 rings (SSSR count). The largest absolute Gasteiger partial charge is 1.00 e. The number of benzene rings is 2. The van der Waals surface area contributed by atoms with E-state index in [-0.39, 0.29) is 64.5 Å². The summed E-state index contributed by atoms with van der Waals surface area (Å²) in [5.41, 5.74) is -1.65. The number of phenolic OH excluding ortho intramolecular Hbond substituents is 1. The van der Waals surface area contributed by atoms with Crippen LogP contribution in [0.2, 0.25) is 0 Å². The second-order valence-corrected chi connectivity index (χ2v) is 5.32. The zero-order valence-corrected chi connectivity index (χ0v) is 16.7. The van der Waals surface area contributed by atoms with E-state index in [4.69, 9.17) is 0 Å². The van der Waals surface area contributed by atoms with Gasteiger partial charge in [0.2, 0.25) is 5.75 Å². The molecule has 0 spiro atoms. The van der Waals surface area contributed by atoms with E-state index in [0.717, 1.165) is 12.1 Å². The molecule has 0 aliphatic rings. The number of non-ortho nitro benzene ring substituents is 1. The van der Waals surface area contributed by atoms with Crippen LogP contribution in [-0.2, 0) is 10.1 Å². The van der Waals surface area contributed by atoms with Crippen molar-refractivity contribution in [3.63, 3.8) is 0 Å². The van der Waals surface area contributed by atoms with Crippen molar-refractivity contribution in [1.29, 1.82) is 0 Å². The van der Waals surface area contributed by atoms with Crippen molar-refractivity contribution in [2.45, 2.75) is 4.90 Å². The van der Waals surface area contributed by atoms with Gasteiger partial charge in [0.15, 0.2) is 0 Å². The van der Waals surface area contributed by atoms with E-state index in [0.29, 0.717) is 12.1 Å². The number of aromatic hydroxyl groups is 1. The molecule has 0 fully saturated rings. The predicted molar refractivity (Wildman–Crippen MR) is 66.9 cm³/mol. The molecule has 0 amide bonds. The number of rotatable bonds is 3. The molecule has 13 heteroatoms. The minimum absolute atomic E-state index is 0. The van der Waals surface area contributed by atoms with Crippen molar-refractivity contribution >= 4 is 32.3 Å². The molecule has 0 unspecified atom stereocenters. The van der Waals surface area contributed by atoms with E-state index in [9.17, 15) is 38.3 Å². The Balaban J connectivity index is 0.00000242. The third-order valence-electron chi connectivity index (χ3n) is 2.72. The Morgan fingerprint density at radius 2 is 1.43 bits per heavy atom. The monoisotopic (exact) mass is 359 g/mol. The van der Waals surface area contributed by atoms with Crippen LogP contribution < -0.4 is 59.1 Å². The van der Waals surface area contributed by atoms with Gasteiger partial charge in [0.05, 0.1) is 26.2 Å². The van der Waals surface area contributed by atoms with Crippen molar-refractivity contribution in [3.8, 4) is 5.75 Å². The van der Waals surface area contributed by atoms with Crippen LogP contribution in [0.15, 0.2) is 29.2 Å². The van der Waals surface area contributed by atoms with Crippen LogP contribution in [0, 0.1) is 20.2 Å². The van der Waals surface area contributed by atoms with Gasteiger partial charge in [-0.25, -0.2) is 8.42 Å². The van der Waals surface area contributed by atoms with Gasteiger partial charge in [0, 0.05) is 5.39 Å². The Morgan fingerprint density at radius 3 is 1.87 bits per heavy atom. The van der Waals surface area contributed by atoms with Gasteiger partial charge in [0.25, 0.3) is 5.69 Å². The zero-order chi connectivity index (χ0) is 15.9. The van der Waals surface area contributed by atoms with Crippen molar-refractivity contribution in [2.75, 3.05) is 0 Å². The van der Waals surface area contributed by atoms with E-state index in [1.165, 1.54) is 0 Å². The fourth-order valence-corrected chi connectivity index (χ4v) is 2.30. The summed E-state index contributed by atoms with van der Waals surface area (Å²) in [5, 5.41) is 30.7. The Morgan fingerprint density at radius 1 is 0.913 bits per heavy atom. The van der Waals surface area contributed by atoms with Crippen molar-refractivity contribution in [3.05, 3.63) is 44.5 Å². The molecule has 0 saturated heterocycles. The molecular weight excluding hydrogens is 354 g/mol. The molecule has 2 aromatic rings. The van der Waals surface area contributed by atoms with E-state index < -0.39 is 47.4 Å². The molecule has 10 nitrogen and oxygen atoms in total. The number of nitro benzene ring substituents is 2. The molecule has 0 aliphatic heterocycles. The molecule has 1 N–H and O–H groups in total. The summed E-state index contributed by atoms with van der Waals surface area (Å²) in [5.74, 6) is -0.953. The number of fused-ring (bicyclic) bond motifs is 1. The van der Waals surface area contributed by atoms with Crippen molar-refractivity contribution in [2.24, 2.45) is 0 Å². The second-order valence-electron chi connectivity index (χ2n) is 3.94. The molecule has 0 radical (unpaired) electrons. The third-order valence-corrected chi connectivity index (χ3v) is 3.55. The maximum Gasteiger partial charge on any atom is 1.00 e. The van der Waals surface area contributed by atoms with Crippen LogP contribution in [0.5, 0.6) is 5.75 Å². The van der Waals surface area contributed by atoms with E-state index in [1.807, 2.05) is 0 Å². The van der Waals surface area contributed by atoms with E-state index >= 15 is 0 Å². The normalized spacial score (nSPS) is 10.5. The van der Waals surface area contributed by atoms with Crippen LogP contribution in [0.25, 0.3) is 10.8 Å². The van der Waals surface area contributed by atoms with Crippen molar-refractivity contribution < 1.29 is 87.0 Å². The fourth-order valence-electron chi connectivity index (χ4n) is 1.80. The summed E-state index contributed by atoms with van der Waals surface area (Å²) in [4.78, 5) is 18.9. The quantitative estimate of drug-likeness (QED) is 0.247. The zero-order valence-electron chi connectivity index (χ0n) is 11.9. The molecule has 23 heavy (non-hydrogen) atoms. The first-order valence-electron chi connectivity index (χ1n) is 5.17. The maximum atomic E-state index is 10.9. The maximum absolute atomic E-state index is 10.9. The van der Waals surface area contributed by atoms with Crippen LogP contribution in [-0.4, -0.2) is 27.9 Å². The molecule has 2 aromatic carbocycles. The van der Waals surface area contributed by atoms with E-state index in [1.54, 1.807) is 0 Å². The van der Waals surface area contributed by atoms with Gasteiger partial charge in [-0.05, 0) is 18.2 Å². The molecule has 0 atom stereocenters. The standard InChI is InChI=1S/C10H6N2O8S.2Na/c13-10-7-3-5(21(18,19)20)1-2-6(7)8(11(14)15)4-9(10)12(16)17;;/h1-4,13H,(H,18,19,20);;/q;2*+1/p-1. The van der Waals surface area contributed by atoms with Gasteiger partial charge in [-0.3, -0.25) is 20.2 Å². The van der Waals surface area contributed by atoms with Gasteiger partial charge in [-0.15, -0.1) is 0 Å². The number of hydrogen-bond acceptors (Lipinski definition) is 8. The Labute approximate surface area is 173 Å². The Kier molecular flexibility index (Phi) is 7.59. The average Bonchev–Trinajstić information content (AvgIpc) is 2.36. The van der Waals surface area contributed by atoms with Crippen molar-refractivity contribution in [1.82, 2.24) is 0 Å².